The molecule has 2 aromatic rings. The van der Waals surface area contributed by atoms with Gasteiger partial charge in [-0.25, -0.2) is 0 Å². The van der Waals surface area contributed by atoms with E-state index in [0.29, 0.717) is 18.5 Å². The molecule has 0 aliphatic heterocycles. The van der Waals surface area contributed by atoms with Crippen molar-refractivity contribution in [3.8, 4) is 6.07 Å². The fraction of sp³-hybridized carbons (Fsp3) is 0.143. The Morgan fingerprint density at radius 2 is 2.11 bits per heavy atom. The van der Waals surface area contributed by atoms with Gasteiger partial charge >= 0.3 is 0 Å². The second kappa shape index (κ2) is 6.03. The SMILES string of the molecule is N#CCc1ccc(NCc2cc(C(N)=O)cs2)cc1. The number of amides is 1. The number of nitrogens with two attached hydrogens (primary N) is 1. The van der Waals surface area contributed by atoms with Crippen LogP contribution in [0.5, 0.6) is 0 Å². The smallest absolute Gasteiger partial charge is 0.249 e. The summed E-state index contributed by atoms with van der Waals surface area (Å²) in [5.41, 5.74) is 7.73. The minimum absolute atomic E-state index is 0.400. The minimum Gasteiger partial charge on any atom is -0.380 e. The van der Waals surface area contributed by atoms with E-state index >= 15 is 0 Å². The summed E-state index contributed by atoms with van der Waals surface area (Å²) in [6, 6.07) is 11.6. The third-order valence-corrected chi connectivity index (χ3v) is 3.58. The predicted molar refractivity (Wildman–Crippen MR) is 75.9 cm³/mol. The molecule has 0 aliphatic carbocycles. The van der Waals surface area contributed by atoms with E-state index in [1.54, 1.807) is 11.4 Å². The van der Waals surface area contributed by atoms with Crippen molar-refractivity contribution in [2.24, 2.45) is 5.73 Å². The highest BCUT2D eigenvalue weighted by atomic mass is 32.1. The summed E-state index contributed by atoms with van der Waals surface area (Å²) in [5.74, 6) is -0.400. The van der Waals surface area contributed by atoms with Gasteiger partial charge in [0.15, 0.2) is 0 Å². The van der Waals surface area contributed by atoms with E-state index in [4.69, 9.17) is 11.0 Å². The number of carbonyl (C=O) groups excluding carboxylic acids is 1. The lowest BCUT2D eigenvalue weighted by Crippen LogP contribution is -2.09. The quantitative estimate of drug-likeness (QED) is 0.877. The molecule has 0 bridgehead atoms. The molecule has 0 radical (unpaired) electrons. The Kier molecular flexibility index (Phi) is 4.16. The van der Waals surface area contributed by atoms with E-state index in [-0.39, 0.29) is 0 Å². The summed E-state index contributed by atoms with van der Waals surface area (Å²) in [6.45, 7) is 0.648. The maximum absolute atomic E-state index is 11.0. The lowest BCUT2D eigenvalue weighted by Gasteiger charge is -2.05. The van der Waals surface area contributed by atoms with Crippen molar-refractivity contribution < 1.29 is 4.79 Å². The molecule has 0 unspecified atom stereocenters. The first-order chi connectivity index (χ1) is 9.19. The van der Waals surface area contributed by atoms with E-state index in [2.05, 4.69) is 11.4 Å². The number of hydrogen-bond donors (Lipinski definition) is 2. The van der Waals surface area contributed by atoms with Crippen LogP contribution in [-0.2, 0) is 13.0 Å². The number of thiophene rings is 1. The van der Waals surface area contributed by atoms with Crippen LogP contribution in [0.3, 0.4) is 0 Å². The number of nitriles is 1. The van der Waals surface area contributed by atoms with E-state index in [1.165, 1.54) is 11.3 Å². The molecule has 1 heterocycles. The first-order valence-electron chi connectivity index (χ1n) is 5.76. The maximum Gasteiger partial charge on any atom is 0.249 e. The normalized spacial score (nSPS) is 9.84. The number of nitrogens with one attached hydrogen (secondary N) is 1. The van der Waals surface area contributed by atoms with Gasteiger partial charge in [0, 0.05) is 22.5 Å². The second-order valence-electron chi connectivity index (χ2n) is 4.05. The molecule has 0 spiro atoms. The third-order valence-electron chi connectivity index (χ3n) is 2.64. The van der Waals surface area contributed by atoms with Gasteiger partial charge in [-0.05, 0) is 23.8 Å². The summed E-state index contributed by atoms with van der Waals surface area (Å²) in [7, 11) is 0. The first kappa shape index (κ1) is 13.1. The summed E-state index contributed by atoms with van der Waals surface area (Å²) in [5, 5.41) is 13.6. The van der Waals surface area contributed by atoms with E-state index in [9.17, 15) is 4.79 Å². The zero-order valence-corrected chi connectivity index (χ0v) is 11.0. The van der Waals surface area contributed by atoms with E-state index in [0.717, 1.165) is 16.1 Å². The average molecular weight is 271 g/mol. The summed E-state index contributed by atoms with van der Waals surface area (Å²) < 4.78 is 0. The highest BCUT2D eigenvalue weighted by molar-refractivity contribution is 7.10. The number of hydrogen-bond acceptors (Lipinski definition) is 4. The molecular weight excluding hydrogens is 258 g/mol. The lowest BCUT2D eigenvalue weighted by atomic mass is 10.1. The topological polar surface area (TPSA) is 78.9 Å². The number of rotatable bonds is 5. The maximum atomic E-state index is 11.0. The van der Waals surface area contributed by atoms with Gasteiger partial charge in [0.05, 0.1) is 18.1 Å². The monoisotopic (exact) mass is 271 g/mol. The van der Waals surface area contributed by atoms with Crippen LogP contribution in [0.1, 0.15) is 20.8 Å². The van der Waals surface area contributed by atoms with Gasteiger partial charge in [-0.1, -0.05) is 12.1 Å². The zero-order valence-electron chi connectivity index (χ0n) is 10.2. The Hall–Kier alpha value is -2.32. The Balaban J connectivity index is 1.94. The Labute approximate surface area is 115 Å². The van der Waals surface area contributed by atoms with Gasteiger partial charge in [-0.3, -0.25) is 4.79 Å². The van der Waals surface area contributed by atoms with Crippen molar-refractivity contribution in [1.29, 1.82) is 5.26 Å². The molecule has 0 atom stereocenters. The van der Waals surface area contributed by atoms with Crippen molar-refractivity contribution in [2.75, 3.05) is 5.32 Å². The van der Waals surface area contributed by atoms with Crippen LogP contribution in [0.4, 0.5) is 5.69 Å². The van der Waals surface area contributed by atoms with Crippen molar-refractivity contribution in [3.63, 3.8) is 0 Å². The molecule has 1 amide bonds. The highest BCUT2D eigenvalue weighted by Crippen LogP contribution is 2.17. The van der Waals surface area contributed by atoms with Crippen LogP contribution in [0.2, 0.25) is 0 Å². The molecule has 0 fully saturated rings. The molecule has 1 aromatic carbocycles. The third kappa shape index (κ3) is 3.57. The molecule has 5 heteroatoms. The van der Waals surface area contributed by atoms with Crippen LogP contribution in [0, 0.1) is 11.3 Å². The van der Waals surface area contributed by atoms with Crippen molar-refractivity contribution in [1.82, 2.24) is 0 Å². The van der Waals surface area contributed by atoms with Gasteiger partial charge in [0.1, 0.15) is 0 Å². The van der Waals surface area contributed by atoms with Crippen molar-refractivity contribution >= 4 is 22.9 Å². The zero-order chi connectivity index (χ0) is 13.7. The Bertz CT molecular complexity index is 610. The molecule has 3 N–H and O–H groups in total. The summed E-state index contributed by atoms with van der Waals surface area (Å²) in [4.78, 5) is 12.0. The molecule has 4 nitrogen and oxygen atoms in total. The Morgan fingerprint density at radius 1 is 1.37 bits per heavy atom. The van der Waals surface area contributed by atoms with Crippen LogP contribution < -0.4 is 11.1 Å². The van der Waals surface area contributed by atoms with Gasteiger partial charge in [0.2, 0.25) is 5.91 Å². The molecule has 1 aromatic heterocycles. The van der Waals surface area contributed by atoms with E-state index in [1.807, 2.05) is 24.3 Å². The number of carbonyl (C=O) groups is 1. The molecule has 2 rings (SSSR count). The van der Waals surface area contributed by atoms with Crippen LogP contribution >= 0.6 is 11.3 Å². The van der Waals surface area contributed by atoms with Gasteiger partial charge in [-0.15, -0.1) is 11.3 Å². The lowest BCUT2D eigenvalue weighted by molar-refractivity contribution is 0.100. The standard InChI is InChI=1S/C14H13N3OS/c15-6-5-10-1-3-12(4-2-10)17-8-13-7-11(9-19-13)14(16)18/h1-4,7,9,17H,5,8H2,(H2,16,18). The van der Waals surface area contributed by atoms with Gasteiger partial charge in [-0.2, -0.15) is 5.26 Å². The van der Waals surface area contributed by atoms with Crippen LogP contribution in [0.15, 0.2) is 35.7 Å². The molecule has 0 aliphatic rings. The molecule has 0 saturated heterocycles. The number of benzene rings is 1. The molecular formula is C14H13N3OS. The largest absolute Gasteiger partial charge is 0.380 e. The van der Waals surface area contributed by atoms with Gasteiger partial charge in [0.25, 0.3) is 0 Å². The minimum atomic E-state index is -0.400. The van der Waals surface area contributed by atoms with Crippen LogP contribution in [-0.4, -0.2) is 5.91 Å². The molecule has 19 heavy (non-hydrogen) atoms. The van der Waals surface area contributed by atoms with Crippen LogP contribution in [0.25, 0.3) is 0 Å². The first-order valence-corrected chi connectivity index (χ1v) is 6.64. The highest BCUT2D eigenvalue weighted by Gasteiger charge is 2.04. The second-order valence-corrected chi connectivity index (χ2v) is 5.05. The average Bonchev–Trinajstić information content (AvgIpc) is 2.87. The van der Waals surface area contributed by atoms with Crippen molar-refractivity contribution in [2.45, 2.75) is 13.0 Å². The Morgan fingerprint density at radius 3 is 2.68 bits per heavy atom. The number of anilines is 1. The fourth-order valence-electron chi connectivity index (χ4n) is 1.62. The fourth-order valence-corrected chi connectivity index (χ4v) is 2.44. The molecule has 0 saturated carbocycles. The predicted octanol–water partition coefficient (Wildman–Crippen LogP) is 2.53. The van der Waals surface area contributed by atoms with Gasteiger partial charge < -0.3 is 11.1 Å². The molecule has 96 valence electrons. The summed E-state index contributed by atoms with van der Waals surface area (Å²) in [6.07, 6.45) is 0.424. The number of primary amides is 1. The summed E-state index contributed by atoms with van der Waals surface area (Å²) >= 11 is 1.50. The number of nitrogens with zero attached hydrogens (tertiary/aromatic N) is 1. The van der Waals surface area contributed by atoms with Crippen molar-refractivity contribution in [3.05, 3.63) is 51.7 Å². The van der Waals surface area contributed by atoms with E-state index < -0.39 is 5.91 Å².